The van der Waals surface area contributed by atoms with E-state index in [1.54, 1.807) is 6.08 Å². The van der Waals surface area contributed by atoms with Crippen LogP contribution >= 0.6 is 0 Å². The molecule has 0 aliphatic carbocycles. The van der Waals surface area contributed by atoms with E-state index in [2.05, 4.69) is 17.2 Å². The molecule has 17 heavy (non-hydrogen) atoms. The van der Waals surface area contributed by atoms with Gasteiger partial charge in [0.15, 0.2) is 0 Å². The van der Waals surface area contributed by atoms with Gasteiger partial charge in [-0.3, -0.25) is 0 Å². The Hall–Kier alpha value is -1.03. The first-order chi connectivity index (χ1) is 8.31. The average Bonchev–Trinajstić information content (AvgIpc) is 2.90. The molecule has 0 aromatic heterocycles. The molecular formula is C13H23N3O. The van der Waals surface area contributed by atoms with Crippen molar-refractivity contribution in [2.24, 2.45) is 5.92 Å². The van der Waals surface area contributed by atoms with Gasteiger partial charge in [0.25, 0.3) is 0 Å². The first-order valence-electron chi connectivity index (χ1n) is 6.68. The molecule has 0 aromatic carbocycles. The van der Waals surface area contributed by atoms with E-state index in [9.17, 15) is 4.79 Å². The van der Waals surface area contributed by atoms with E-state index in [1.807, 2.05) is 4.90 Å². The van der Waals surface area contributed by atoms with Gasteiger partial charge in [-0.25, -0.2) is 4.79 Å². The minimum atomic E-state index is 0.0581. The van der Waals surface area contributed by atoms with Gasteiger partial charge in [-0.15, -0.1) is 6.58 Å². The number of carbonyl (C=O) groups is 1. The molecule has 2 heterocycles. The van der Waals surface area contributed by atoms with Crippen molar-refractivity contribution in [1.82, 2.24) is 15.5 Å². The molecule has 2 aliphatic rings. The second-order valence-corrected chi connectivity index (χ2v) is 5.00. The normalized spacial score (nSPS) is 25.9. The van der Waals surface area contributed by atoms with Gasteiger partial charge in [0.1, 0.15) is 0 Å². The molecule has 4 heteroatoms. The molecule has 0 saturated carbocycles. The molecule has 0 bridgehead atoms. The minimum Gasteiger partial charge on any atom is -0.335 e. The second kappa shape index (κ2) is 6.05. The predicted octanol–water partition coefficient (Wildman–Crippen LogP) is 1.35. The third-order valence-corrected chi connectivity index (χ3v) is 3.89. The number of hydrogen-bond acceptors (Lipinski definition) is 2. The highest BCUT2D eigenvalue weighted by Crippen LogP contribution is 2.25. The molecule has 2 saturated heterocycles. The number of urea groups is 1. The van der Waals surface area contributed by atoms with Crippen molar-refractivity contribution in [1.29, 1.82) is 0 Å². The molecule has 2 N–H and O–H groups in total. The summed E-state index contributed by atoms with van der Waals surface area (Å²) in [7, 11) is 0. The number of piperidine rings is 1. The van der Waals surface area contributed by atoms with Crippen LogP contribution in [-0.4, -0.2) is 43.2 Å². The van der Waals surface area contributed by atoms with Crippen LogP contribution in [0.4, 0.5) is 4.79 Å². The summed E-state index contributed by atoms with van der Waals surface area (Å²) >= 11 is 0. The molecule has 1 atom stereocenters. The summed E-state index contributed by atoms with van der Waals surface area (Å²) in [5, 5.41) is 6.41. The van der Waals surface area contributed by atoms with Gasteiger partial charge in [-0.1, -0.05) is 6.08 Å². The fourth-order valence-corrected chi connectivity index (χ4v) is 2.89. The Kier molecular flexibility index (Phi) is 4.42. The number of nitrogens with zero attached hydrogens (tertiary/aromatic N) is 1. The van der Waals surface area contributed by atoms with Crippen LogP contribution in [0.1, 0.15) is 25.7 Å². The summed E-state index contributed by atoms with van der Waals surface area (Å²) in [5.74, 6) is 0.765. The predicted molar refractivity (Wildman–Crippen MR) is 68.9 cm³/mol. The Morgan fingerprint density at radius 3 is 2.76 bits per heavy atom. The lowest BCUT2D eigenvalue weighted by Gasteiger charge is -2.34. The Labute approximate surface area is 103 Å². The first-order valence-corrected chi connectivity index (χ1v) is 6.68. The zero-order valence-corrected chi connectivity index (χ0v) is 10.5. The maximum Gasteiger partial charge on any atom is 0.317 e. The number of nitrogens with one attached hydrogen (secondary N) is 2. The molecule has 4 nitrogen and oxygen atoms in total. The summed E-state index contributed by atoms with van der Waals surface area (Å²) in [6.45, 7) is 7.12. The molecule has 96 valence electrons. The molecule has 2 fully saturated rings. The van der Waals surface area contributed by atoms with Gasteiger partial charge in [-0.05, 0) is 38.1 Å². The summed E-state index contributed by atoms with van der Waals surface area (Å²) in [6, 6.07) is 0.760. The Morgan fingerprint density at radius 1 is 1.41 bits per heavy atom. The lowest BCUT2D eigenvalue weighted by molar-refractivity contribution is 0.161. The SMILES string of the molecule is C=CCNC(=O)N1CCC(C2CCCN2)CC1. The zero-order valence-electron chi connectivity index (χ0n) is 10.5. The molecule has 0 aromatic rings. The number of likely N-dealkylation sites (tertiary alicyclic amines) is 1. The van der Waals surface area contributed by atoms with E-state index < -0.39 is 0 Å². The monoisotopic (exact) mass is 237 g/mol. The largest absolute Gasteiger partial charge is 0.335 e. The topological polar surface area (TPSA) is 44.4 Å². The van der Waals surface area contributed by atoms with E-state index in [4.69, 9.17) is 0 Å². The van der Waals surface area contributed by atoms with E-state index in [0.29, 0.717) is 12.6 Å². The van der Waals surface area contributed by atoms with Gasteiger partial charge < -0.3 is 15.5 Å². The third kappa shape index (κ3) is 3.22. The Morgan fingerprint density at radius 2 is 2.18 bits per heavy atom. The van der Waals surface area contributed by atoms with Gasteiger partial charge in [0.05, 0.1) is 0 Å². The van der Waals surface area contributed by atoms with E-state index >= 15 is 0 Å². The van der Waals surface area contributed by atoms with Crippen molar-refractivity contribution in [3.05, 3.63) is 12.7 Å². The molecule has 2 amide bonds. The second-order valence-electron chi connectivity index (χ2n) is 5.00. The van der Waals surface area contributed by atoms with Gasteiger partial charge in [-0.2, -0.15) is 0 Å². The van der Waals surface area contributed by atoms with Crippen LogP contribution in [-0.2, 0) is 0 Å². The molecule has 2 aliphatic heterocycles. The maximum atomic E-state index is 11.7. The summed E-state index contributed by atoms with van der Waals surface area (Å²) in [6.07, 6.45) is 6.61. The fourth-order valence-electron chi connectivity index (χ4n) is 2.89. The fraction of sp³-hybridized carbons (Fsp3) is 0.769. The molecule has 0 spiro atoms. The van der Waals surface area contributed by atoms with Crippen molar-refractivity contribution in [2.75, 3.05) is 26.2 Å². The number of amides is 2. The van der Waals surface area contributed by atoms with E-state index in [-0.39, 0.29) is 6.03 Å². The van der Waals surface area contributed by atoms with Crippen LogP contribution in [0.3, 0.4) is 0 Å². The van der Waals surface area contributed by atoms with E-state index in [0.717, 1.165) is 31.8 Å². The quantitative estimate of drug-likeness (QED) is 0.728. The van der Waals surface area contributed by atoms with Crippen LogP contribution in [0.25, 0.3) is 0 Å². The van der Waals surface area contributed by atoms with Gasteiger partial charge in [0.2, 0.25) is 0 Å². The third-order valence-electron chi connectivity index (χ3n) is 3.89. The Balaban J connectivity index is 1.73. The minimum absolute atomic E-state index is 0.0581. The highest BCUT2D eigenvalue weighted by molar-refractivity contribution is 5.74. The molecule has 1 unspecified atom stereocenters. The molecule has 2 rings (SSSR count). The smallest absolute Gasteiger partial charge is 0.317 e. The summed E-state index contributed by atoms with van der Waals surface area (Å²) in [5.41, 5.74) is 0. The van der Waals surface area contributed by atoms with Crippen molar-refractivity contribution >= 4 is 6.03 Å². The average molecular weight is 237 g/mol. The van der Waals surface area contributed by atoms with Crippen molar-refractivity contribution in [3.63, 3.8) is 0 Å². The number of hydrogen-bond donors (Lipinski definition) is 2. The highest BCUT2D eigenvalue weighted by atomic mass is 16.2. The number of carbonyl (C=O) groups excluding carboxylic acids is 1. The zero-order chi connectivity index (χ0) is 12.1. The van der Waals surface area contributed by atoms with Crippen LogP contribution in [0, 0.1) is 5.92 Å². The van der Waals surface area contributed by atoms with Crippen molar-refractivity contribution in [2.45, 2.75) is 31.7 Å². The van der Waals surface area contributed by atoms with Crippen LogP contribution in [0.5, 0.6) is 0 Å². The lowest BCUT2D eigenvalue weighted by Crippen LogP contribution is -2.47. The first kappa shape index (κ1) is 12.4. The maximum absolute atomic E-state index is 11.7. The molecular weight excluding hydrogens is 214 g/mol. The van der Waals surface area contributed by atoms with Crippen molar-refractivity contribution < 1.29 is 4.79 Å². The summed E-state index contributed by atoms with van der Waals surface area (Å²) in [4.78, 5) is 13.7. The van der Waals surface area contributed by atoms with Crippen LogP contribution < -0.4 is 10.6 Å². The summed E-state index contributed by atoms with van der Waals surface area (Å²) < 4.78 is 0. The van der Waals surface area contributed by atoms with Crippen LogP contribution in [0.2, 0.25) is 0 Å². The van der Waals surface area contributed by atoms with Crippen LogP contribution in [0.15, 0.2) is 12.7 Å². The Bertz CT molecular complexity index is 266. The van der Waals surface area contributed by atoms with Gasteiger partial charge in [0, 0.05) is 25.7 Å². The lowest BCUT2D eigenvalue weighted by atomic mass is 9.89. The van der Waals surface area contributed by atoms with E-state index in [1.165, 1.54) is 19.4 Å². The number of rotatable bonds is 3. The standard InChI is InChI=1S/C13H23N3O/c1-2-7-15-13(17)16-9-5-11(6-10-16)12-4-3-8-14-12/h2,11-12,14H,1,3-10H2,(H,15,17). The highest BCUT2D eigenvalue weighted by Gasteiger charge is 2.29. The van der Waals surface area contributed by atoms with Crippen molar-refractivity contribution in [3.8, 4) is 0 Å². The molecule has 0 radical (unpaired) electrons. The van der Waals surface area contributed by atoms with Gasteiger partial charge >= 0.3 is 6.03 Å².